The van der Waals surface area contributed by atoms with Gasteiger partial charge in [0, 0.05) is 25.8 Å². The first-order valence-electron chi connectivity index (χ1n) is 20.7. The molecule has 9 amide bonds. The molecule has 0 aliphatic carbocycles. The molecule has 348 valence electrons. The summed E-state index contributed by atoms with van der Waals surface area (Å²) in [5, 5.41) is 23.6. The summed E-state index contributed by atoms with van der Waals surface area (Å²) in [6.07, 6.45) is 0.838. The average Bonchev–Trinajstić information content (AvgIpc) is 3.88. The zero-order valence-corrected chi connectivity index (χ0v) is 37.3. The predicted molar refractivity (Wildman–Crippen MR) is 225 cm³/mol. The van der Waals surface area contributed by atoms with Gasteiger partial charge in [0.25, 0.3) is 0 Å². The van der Waals surface area contributed by atoms with Crippen LogP contribution in [0.25, 0.3) is 0 Å². The van der Waals surface area contributed by atoms with Gasteiger partial charge in [0.1, 0.15) is 42.8 Å². The average molecular weight is 897 g/mol. The minimum absolute atomic E-state index is 0.0184. The predicted octanol–water partition coefficient (Wildman–Crippen LogP) is -2.93. The van der Waals surface area contributed by atoms with Crippen LogP contribution in [0.15, 0.2) is 0 Å². The monoisotopic (exact) mass is 896 g/mol. The second-order valence-corrected chi connectivity index (χ2v) is 17.8. The highest BCUT2D eigenvalue weighted by Gasteiger charge is 2.45. The minimum Gasteiger partial charge on any atom is -0.480 e. The molecule has 2 heterocycles. The second-order valence-electron chi connectivity index (χ2n) is 16.6. The number of thioether (sulfide) groups is 1. The summed E-state index contributed by atoms with van der Waals surface area (Å²) in [5.74, 6) is -8.89. The number of nitrogens with one attached hydrogen (secondary N) is 6. The molecule has 62 heavy (non-hydrogen) atoms. The van der Waals surface area contributed by atoms with Crippen molar-refractivity contribution in [3.05, 3.63) is 0 Å². The Hall–Kier alpha value is -5.32. The van der Waals surface area contributed by atoms with Crippen molar-refractivity contribution in [2.45, 2.75) is 129 Å². The van der Waals surface area contributed by atoms with E-state index in [4.69, 9.17) is 16.6 Å². The van der Waals surface area contributed by atoms with Crippen molar-refractivity contribution in [1.82, 2.24) is 41.7 Å². The summed E-state index contributed by atoms with van der Waals surface area (Å²) in [6, 6.07) is -8.12. The SMILES string of the molecule is CC(=O)SC[C@H](N)C(=O)NCC(=O)N[C@H](C(=O)N[C@@H](CC(C)C)C(=O)N1CCC[C@H]1C(=O)N1CCC[C@H]1C(=O)N[C@@H](CC(N)=O)C(=O)N[C@H](C(=O)NCC(=O)O)C(C)C)C(C)C. The van der Waals surface area contributed by atoms with Crippen molar-refractivity contribution in [2.24, 2.45) is 29.2 Å². The van der Waals surface area contributed by atoms with Crippen molar-refractivity contribution in [1.29, 1.82) is 0 Å². The van der Waals surface area contributed by atoms with E-state index in [-0.39, 0.29) is 49.1 Å². The number of carboxylic acids is 1. The van der Waals surface area contributed by atoms with Crippen molar-refractivity contribution in [3.8, 4) is 0 Å². The van der Waals surface area contributed by atoms with Gasteiger partial charge in [0.2, 0.25) is 53.2 Å². The van der Waals surface area contributed by atoms with Gasteiger partial charge in [-0.1, -0.05) is 53.3 Å². The van der Waals surface area contributed by atoms with E-state index >= 15 is 0 Å². The molecule has 0 spiro atoms. The smallest absolute Gasteiger partial charge is 0.322 e. The molecule has 0 aromatic carbocycles. The first-order valence-corrected chi connectivity index (χ1v) is 21.7. The number of carbonyl (C=O) groups excluding carboxylic acids is 10. The largest absolute Gasteiger partial charge is 0.480 e. The third-order valence-corrected chi connectivity index (χ3v) is 11.1. The van der Waals surface area contributed by atoms with E-state index in [2.05, 4.69) is 31.9 Å². The van der Waals surface area contributed by atoms with E-state index in [0.29, 0.717) is 12.8 Å². The Kier molecular flexibility index (Phi) is 21.3. The molecule has 2 aliphatic heterocycles. The van der Waals surface area contributed by atoms with Crippen LogP contribution in [0.3, 0.4) is 0 Å². The fourth-order valence-corrected chi connectivity index (χ4v) is 7.58. The van der Waals surface area contributed by atoms with Crippen LogP contribution < -0.4 is 43.4 Å². The molecular formula is C39H64N10O12S. The summed E-state index contributed by atoms with van der Waals surface area (Å²) >= 11 is 0.867. The highest BCUT2D eigenvalue weighted by Crippen LogP contribution is 2.27. The van der Waals surface area contributed by atoms with Gasteiger partial charge >= 0.3 is 5.97 Å². The molecule has 7 atom stereocenters. The lowest BCUT2D eigenvalue weighted by Gasteiger charge is -2.34. The summed E-state index contributed by atoms with van der Waals surface area (Å²) in [4.78, 5) is 144. The van der Waals surface area contributed by atoms with E-state index in [1.165, 1.54) is 16.7 Å². The molecule has 11 N–H and O–H groups in total. The molecule has 2 rings (SSSR count). The summed E-state index contributed by atoms with van der Waals surface area (Å²) in [6.45, 7) is 10.7. The number of hydrogen-bond acceptors (Lipinski definition) is 13. The van der Waals surface area contributed by atoms with Crippen LogP contribution in [0.5, 0.6) is 0 Å². The molecule has 2 saturated heterocycles. The third kappa shape index (κ3) is 16.5. The van der Waals surface area contributed by atoms with Crippen molar-refractivity contribution in [3.63, 3.8) is 0 Å². The third-order valence-electron chi connectivity index (χ3n) is 10.2. The number of amides is 9. The van der Waals surface area contributed by atoms with E-state index in [9.17, 15) is 52.7 Å². The van der Waals surface area contributed by atoms with Gasteiger partial charge in [-0.25, -0.2) is 0 Å². The van der Waals surface area contributed by atoms with Gasteiger partial charge in [-0.2, -0.15) is 0 Å². The maximum absolute atomic E-state index is 14.2. The van der Waals surface area contributed by atoms with Gasteiger partial charge in [0.15, 0.2) is 5.12 Å². The number of nitrogens with two attached hydrogens (primary N) is 2. The zero-order valence-electron chi connectivity index (χ0n) is 36.4. The standard InChI is InChI=1S/C39H64N10O12S/c1-19(2)14-25(45-37(59)32(21(5)6)46-29(52)16-42-33(55)23(40)18-62-22(7)50)38(60)49-13-9-11-27(49)39(61)48-12-8-10-26(48)35(57)44-24(15-28(41)51)34(56)47-31(20(3)4)36(58)43-17-30(53)54/h19-21,23-27,31-32H,8-18,40H2,1-7H3,(H2,41,51)(H,42,55)(H,43,58)(H,44,57)(H,45,59)(H,46,52)(H,47,56)(H,53,54)/t23-,24-,25-,26-,27-,31-,32-/m0/s1. The van der Waals surface area contributed by atoms with E-state index in [0.717, 1.165) is 11.8 Å². The van der Waals surface area contributed by atoms with Gasteiger partial charge < -0.3 is 58.3 Å². The van der Waals surface area contributed by atoms with Gasteiger partial charge in [0.05, 0.1) is 19.0 Å². The quantitative estimate of drug-likeness (QED) is 0.0496. The van der Waals surface area contributed by atoms with Crippen LogP contribution in [0.2, 0.25) is 0 Å². The Balaban J connectivity index is 2.20. The molecule has 2 aliphatic rings. The Morgan fingerprint density at radius 2 is 1.26 bits per heavy atom. The van der Waals surface area contributed by atoms with Crippen molar-refractivity contribution < 1.29 is 57.8 Å². The number of carbonyl (C=O) groups is 11. The van der Waals surface area contributed by atoms with Crippen LogP contribution >= 0.6 is 11.8 Å². The molecule has 0 bridgehead atoms. The molecule has 23 heteroatoms. The molecule has 0 aromatic rings. The first kappa shape index (κ1) is 52.8. The topological polar surface area (TPSA) is 339 Å². The molecule has 0 unspecified atom stereocenters. The Bertz CT molecular complexity index is 1690. The normalized spacial score (nSPS) is 18.6. The molecule has 22 nitrogen and oxygen atoms in total. The molecule has 0 aromatic heterocycles. The Labute approximate surface area is 365 Å². The van der Waals surface area contributed by atoms with E-state index < -0.39 is 133 Å². The number of likely N-dealkylation sites (tertiary alicyclic amines) is 2. The maximum atomic E-state index is 14.2. The lowest BCUT2D eigenvalue weighted by atomic mass is 9.99. The van der Waals surface area contributed by atoms with Gasteiger partial charge in [-0.15, -0.1) is 0 Å². The number of rotatable bonds is 23. The minimum atomic E-state index is -1.55. The summed E-state index contributed by atoms with van der Waals surface area (Å²) in [7, 11) is 0. The molecule has 2 fully saturated rings. The molecule has 0 saturated carbocycles. The van der Waals surface area contributed by atoms with Gasteiger partial charge in [-0.05, 0) is 49.9 Å². The van der Waals surface area contributed by atoms with Gasteiger partial charge in [-0.3, -0.25) is 52.7 Å². The van der Waals surface area contributed by atoms with Crippen LogP contribution in [0, 0.1) is 17.8 Å². The number of nitrogens with zero attached hydrogens (tertiary/aromatic N) is 2. The number of carboxylic acid groups (broad SMARTS) is 1. The summed E-state index contributed by atoms with van der Waals surface area (Å²) < 4.78 is 0. The van der Waals surface area contributed by atoms with Crippen LogP contribution in [-0.4, -0.2) is 153 Å². The van der Waals surface area contributed by atoms with Crippen LogP contribution in [-0.2, 0) is 52.7 Å². The highest BCUT2D eigenvalue weighted by atomic mass is 32.2. The van der Waals surface area contributed by atoms with E-state index in [1.54, 1.807) is 27.7 Å². The summed E-state index contributed by atoms with van der Waals surface area (Å²) in [5.41, 5.74) is 11.2. The molecule has 0 radical (unpaired) electrons. The first-order chi connectivity index (χ1) is 28.9. The fraction of sp³-hybridized carbons (Fsp3) is 0.718. The van der Waals surface area contributed by atoms with E-state index in [1.807, 2.05) is 13.8 Å². The number of hydrogen-bond donors (Lipinski definition) is 9. The van der Waals surface area contributed by atoms with Crippen molar-refractivity contribution in [2.75, 3.05) is 31.9 Å². The molecular weight excluding hydrogens is 833 g/mol. The number of aliphatic carboxylic acids is 1. The fourth-order valence-electron chi connectivity index (χ4n) is 7.02. The zero-order chi connectivity index (χ0) is 47.0. The van der Waals surface area contributed by atoms with Crippen molar-refractivity contribution >= 4 is 76.0 Å². The Morgan fingerprint density at radius 3 is 1.81 bits per heavy atom. The lowest BCUT2D eigenvalue weighted by molar-refractivity contribution is -0.148. The van der Waals surface area contributed by atoms with Crippen LogP contribution in [0.1, 0.15) is 87.0 Å². The lowest BCUT2D eigenvalue weighted by Crippen LogP contribution is -2.60. The number of primary amides is 1. The second kappa shape index (κ2) is 25.0. The van der Waals surface area contributed by atoms with Crippen LogP contribution in [0.4, 0.5) is 0 Å². The Morgan fingerprint density at radius 1 is 0.694 bits per heavy atom. The maximum Gasteiger partial charge on any atom is 0.322 e. The highest BCUT2D eigenvalue weighted by molar-refractivity contribution is 8.13.